The molecule has 2 aromatic rings. The van der Waals surface area contributed by atoms with Crippen molar-refractivity contribution in [3.8, 4) is 0 Å². The summed E-state index contributed by atoms with van der Waals surface area (Å²) in [6.45, 7) is 4.88. The van der Waals surface area contributed by atoms with Gasteiger partial charge in [0.1, 0.15) is 25.1 Å². The normalized spacial score (nSPS) is 21.8. The second-order valence-corrected chi connectivity index (χ2v) is 7.49. The third-order valence-corrected chi connectivity index (χ3v) is 5.57. The molecule has 3 unspecified atom stereocenters. The van der Waals surface area contributed by atoms with E-state index in [1.807, 2.05) is 12.1 Å². The molecule has 0 bridgehead atoms. The van der Waals surface area contributed by atoms with E-state index in [-0.39, 0.29) is 17.9 Å². The van der Waals surface area contributed by atoms with Crippen molar-refractivity contribution < 1.29 is 13.9 Å². The highest BCUT2D eigenvalue weighted by Crippen LogP contribution is 2.28. The Bertz CT molecular complexity index is 914. The first-order valence-electron chi connectivity index (χ1n) is 10.1. The van der Waals surface area contributed by atoms with Crippen LogP contribution < -0.4 is 5.32 Å². The zero-order valence-electron chi connectivity index (χ0n) is 16.8. The van der Waals surface area contributed by atoms with E-state index in [1.165, 1.54) is 11.6 Å². The molecule has 0 aromatic heterocycles. The average molecular weight is 395 g/mol. The van der Waals surface area contributed by atoms with Crippen molar-refractivity contribution in [3.63, 3.8) is 0 Å². The minimum atomic E-state index is -0.228. The van der Waals surface area contributed by atoms with Crippen LogP contribution in [0.3, 0.4) is 0 Å². The van der Waals surface area contributed by atoms with E-state index < -0.39 is 0 Å². The Morgan fingerprint density at radius 3 is 2.59 bits per heavy atom. The Morgan fingerprint density at radius 2 is 1.79 bits per heavy atom. The van der Waals surface area contributed by atoms with Crippen LogP contribution in [0, 0.1) is 12.7 Å². The van der Waals surface area contributed by atoms with Gasteiger partial charge in [-0.25, -0.2) is 14.4 Å². The Hall–Kier alpha value is -2.89. The third-order valence-electron chi connectivity index (χ3n) is 5.57. The van der Waals surface area contributed by atoms with Crippen molar-refractivity contribution in [2.45, 2.75) is 44.7 Å². The predicted molar refractivity (Wildman–Crippen MR) is 112 cm³/mol. The van der Waals surface area contributed by atoms with Crippen molar-refractivity contribution in [1.82, 2.24) is 5.32 Å². The van der Waals surface area contributed by atoms with Gasteiger partial charge in [-0.05, 0) is 48.4 Å². The topological polar surface area (TPSA) is 55.2 Å². The maximum Gasteiger partial charge on any atom is 0.293 e. The molecule has 29 heavy (non-hydrogen) atoms. The molecule has 5 nitrogen and oxygen atoms in total. The van der Waals surface area contributed by atoms with Gasteiger partial charge in [-0.3, -0.25) is 5.32 Å². The van der Waals surface area contributed by atoms with Crippen LogP contribution in [-0.4, -0.2) is 31.3 Å². The maximum absolute atomic E-state index is 13.8. The lowest BCUT2D eigenvalue weighted by Gasteiger charge is -2.17. The van der Waals surface area contributed by atoms with Crippen LogP contribution in [0.4, 0.5) is 4.39 Å². The van der Waals surface area contributed by atoms with E-state index in [2.05, 4.69) is 46.5 Å². The van der Waals surface area contributed by atoms with Gasteiger partial charge >= 0.3 is 0 Å². The summed E-state index contributed by atoms with van der Waals surface area (Å²) >= 11 is 0. The van der Waals surface area contributed by atoms with Gasteiger partial charge in [-0.2, -0.15) is 0 Å². The summed E-state index contributed by atoms with van der Waals surface area (Å²) in [6, 6.07) is 16.2. The molecule has 0 aliphatic carbocycles. The van der Waals surface area contributed by atoms with Crippen LogP contribution in [0.5, 0.6) is 0 Å². The summed E-state index contributed by atoms with van der Waals surface area (Å²) in [4.78, 5) is 9.19. The monoisotopic (exact) mass is 395 g/mol. The number of halogens is 1. The van der Waals surface area contributed by atoms with E-state index in [1.54, 1.807) is 13.0 Å². The van der Waals surface area contributed by atoms with Gasteiger partial charge in [0.15, 0.2) is 0 Å². The number of nitrogens with one attached hydrogen (secondary N) is 1. The van der Waals surface area contributed by atoms with E-state index in [4.69, 9.17) is 9.47 Å². The molecule has 6 heteroatoms. The molecule has 4 rings (SSSR count). The van der Waals surface area contributed by atoms with Crippen LogP contribution in [-0.2, 0) is 9.47 Å². The Kier molecular flexibility index (Phi) is 5.79. The number of rotatable bonds is 5. The summed E-state index contributed by atoms with van der Waals surface area (Å²) in [7, 11) is 0. The molecule has 2 aromatic carbocycles. The van der Waals surface area contributed by atoms with Crippen molar-refractivity contribution in [2.75, 3.05) is 13.2 Å². The van der Waals surface area contributed by atoms with E-state index in [9.17, 15) is 4.39 Å². The molecule has 3 atom stereocenters. The largest absolute Gasteiger partial charge is 0.463 e. The molecule has 2 aliphatic heterocycles. The molecule has 1 N–H and O–H groups in total. The number of benzene rings is 2. The second kappa shape index (κ2) is 8.64. The first-order chi connectivity index (χ1) is 14.1. The molecule has 2 aliphatic rings. The maximum atomic E-state index is 13.8. The molecule has 0 radical (unpaired) electrons. The fraction of sp³-hybridized carbons (Fsp3) is 0.391. The molecular weight excluding hydrogens is 369 g/mol. The average Bonchev–Trinajstić information content (AvgIpc) is 3.39. The lowest BCUT2D eigenvalue weighted by atomic mass is 9.90. The van der Waals surface area contributed by atoms with Gasteiger partial charge < -0.3 is 9.47 Å². The molecule has 0 saturated carbocycles. The lowest BCUT2D eigenvalue weighted by molar-refractivity contribution is 0.286. The number of nitrogens with zero attached hydrogens (tertiary/aromatic N) is 2. The third kappa shape index (κ3) is 4.42. The molecule has 0 saturated heterocycles. The minimum Gasteiger partial charge on any atom is -0.463 e. The second-order valence-electron chi connectivity index (χ2n) is 7.49. The van der Waals surface area contributed by atoms with Crippen molar-refractivity contribution in [3.05, 3.63) is 71.0 Å². The van der Waals surface area contributed by atoms with Crippen LogP contribution >= 0.6 is 0 Å². The van der Waals surface area contributed by atoms with Gasteiger partial charge in [0.25, 0.3) is 12.0 Å². The predicted octanol–water partition coefficient (Wildman–Crippen LogP) is 4.49. The van der Waals surface area contributed by atoms with Gasteiger partial charge in [-0.1, -0.05) is 49.4 Å². The lowest BCUT2D eigenvalue weighted by Crippen LogP contribution is -2.30. The van der Waals surface area contributed by atoms with Gasteiger partial charge in [0.05, 0.1) is 6.04 Å². The molecule has 0 amide bonds. The Labute approximate surface area is 170 Å². The number of hydrogen-bond acceptors (Lipinski definition) is 5. The Balaban J connectivity index is 1.38. The summed E-state index contributed by atoms with van der Waals surface area (Å²) in [6.07, 6.45) is 1.99. The van der Waals surface area contributed by atoms with Crippen LogP contribution in [0.25, 0.3) is 0 Å². The van der Waals surface area contributed by atoms with Gasteiger partial charge in [0.2, 0.25) is 0 Å². The molecule has 2 heterocycles. The highest BCUT2D eigenvalue weighted by molar-refractivity contribution is 5.94. The quantitative estimate of drug-likeness (QED) is 0.812. The van der Waals surface area contributed by atoms with Crippen LogP contribution in [0.15, 0.2) is 58.5 Å². The highest BCUT2D eigenvalue weighted by Gasteiger charge is 2.27. The van der Waals surface area contributed by atoms with Crippen molar-refractivity contribution in [2.24, 2.45) is 9.98 Å². The smallest absolute Gasteiger partial charge is 0.293 e. The first kappa shape index (κ1) is 19.4. The zero-order chi connectivity index (χ0) is 20.2. The van der Waals surface area contributed by atoms with E-state index >= 15 is 0 Å². The van der Waals surface area contributed by atoms with E-state index in [0.717, 1.165) is 18.4 Å². The number of aliphatic imine (C=N–C) groups is 2. The first-order valence-corrected chi connectivity index (χ1v) is 10.1. The highest BCUT2D eigenvalue weighted by atomic mass is 19.1. The number of amidine groups is 2. The van der Waals surface area contributed by atoms with Crippen LogP contribution in [0.2, 0.25) is 0 Å². The van der Waals surface area contributed by atoms with Crippen molar-refractivity contribution in [1.29, 1.82) is 0 Å². The van der Waals surface area contributed by atoms with Crippen molar-refractivity contribution >= 4 is 12.0 Å². The minimum absolute atomic E-state index is 0.103. The summed E-state index contributed by atoms with van der Waals surface area (Å²) in [5.74, 6) is 0.225. The molecule has 152 valence electrons. The number of hydrogen-bond donors (Lipinski definition) is 1. The fourth-order valence-electron chi connectivity index (χ4n) is 3.87. The summed E-state index contributed by atoms with van der Waals surface area (Å²) in [5, 5.41) is 3.03. The summed E-state index contributed by atoms with van der Waals surface area (Å²) in [5.41, 5.74) is 2.78. The standard InChI is InChI=1S/C23H26FN3O2/c1-3-16(17-8-5-4-6-9-17)12-18-13-28-22(25-18)27-23-26-21(14-29-23)19-10-7-11-20(24)15(19)2/h4-11,16,18,21H,3,12-14H2,1-2H3,(H,25,26,27). The summed E-state index contributed by atoms with van der Waals surface area (Å²) < 4.78 is 25.2. The SMILES string of the molecule is CCC(CC1COC(NC2=NC(c3cccc(F)c3C)CO2)=N1)c1ccccc1. The number of ether oxygens (including phenoxy) is 2. The molecule has 0 spiro atoms. The zero-order valence-corrected chi connectivity index (χ0v) is 16.8. The van der Waals surface area contributed by atoms with Gasteiger partial charge in [0, 0.05) is 0 Å². The fourth-order valence-corrected chi connectivity index (χ4v) is 3.87. The molecule has 0 fully saturated rings. The molecular formula is C23H26FN3O2. The Morgan fingerprint density at radius 1 is 1.03 bits per heavy atom. The van der Waals surface area contributed by atoms with E-state index in [0.29, 0.717) is 36.7 Å². The van der Waals surface area contributed by atoms with Gasteiger partial charge in [-0.15, -0.1) is 0 Å². The van der Waals surface area contributed by atoms with Crippen LogP contribution in [0.1, 0.15) is 48.4 Å².